The Labute approximate surface area is 178 Å². The number of carboxylic acid groups (broad SMARTS) is 1. The summed E-state index contributed by atoms with van der Waals surface area (Å²) in [6.07, 6.45) is 5.50. The molecule has 1 aromatic rings. The summed E-state index contributed by atoms with van der Waals surface area (Å²) in [5.41, 5.74) is 3.22. The number of hydrogen-bond acceptors (Lipinski definition) is 2. The van der Waals surface area contributed by atoms with E-state index < -0.39 is 12.1 Å². The van der Waals surface area contributed by atoms with Gasteiger partial charge in [0.15, 0.2) is 0 Å². The van der Waals surface area contributed by atoms with Crippen molar-refractivity contribution in [3.8, 4) is 0 Å². The van der Waals surface area contributed by atoms with Gasteiger partial charge >= 0.3 is 5.97 Å². The van der Waals surface area contributed by atoms with Gasteiger partial charge < -0.3 is 10.2 Å². The summed E-state index contributed by atoms with van der Waals surface area (Å²) >= 11 is 13.2. The van der Waals surface area contributed by atoms with Gasteiger partial charge in [0.25, 0.3) is 0 Å². The molecule has 28 heavy (non-hydrogen) atoms. The van der Waals surface area contributed by atoms with Gasteiger partial charge in [-0.25, -0.2) is 0 Å². The van der Waals surface area contributed by atoms with E-state index in [1.807, 2.05) is 19.1 Å². The molecule has 0 saturated heterocycles. The second-order valence-electron chi connectivity index (χ2n) is 8.13. The fraction of sp³-hybridized carbons (Fsp3) is 0.609. The minimum atomic E-state index is -0.752. The van der Waals surface area contributed by atoms with Gasteiger partial charge in [0.1, 0.15) is 0 Å². The molecule has 1 aliphatic carbocycles. The summed E-state index contributed by atoms with van der Waals surface area (Å²) in [5.74, 6) is -0.328. The highest BCUT2D eigenvalue weighted by Gasteiger charge is 2.41. The Morgan fingerprint density at radius 2 is 1.82 bits per heavy atom. The molecular weight excluding hydrogens is 395 g/mol. The summed E-state index contributed by atoms with van der Waals surface area (Å²) in [6, 6.07) is 8.12. The van der Waals surface area contributed by atoms with E-state index in [2.05, 4.69) is 18.7 Å². The van der Waals surface area contributed by atoms with Crippen molar-refractivity contribution in [3.63, 3.8) is 0 Å². The summed E-state index contributed by atoms with van der Waals surface area (Å²) in [5, 5.41) is 19.2. The predicted octanol–water partition coefficient (Wildman–Crippen LogP) is 6.43. The average Bonchev–Trinajstić information content (AvgIpc) is 2.91. The van der Waals surface area contributed by atoms with Crippen LogP contribution >= 0.6 is 23.2 Å². The van der Waals surface area contributed by atoms with Crippen LogP contribution in [0.15, 0.2) is 36.4 Å². The van der Waals surface area contributed by atoms with Crippen LogP contribution < -0.4 is 0 Å². The monoisotopic (exact) mass is 426 g/mol. The lowest BCUT2D eigenvalue weighted by Gasteiger charge is -2.24. The topological polar surface area (TPSA) is 57.5 Å². The first-order valence-electron chi connectivity index (χ1n) is 10.2. The third-order valence-corrected chi connectivity index (χ3v) is 6.68. The highest BCUT2D eigenvalue weighted by molar-refractivity contribution is 6.25. The predicted molar refractivity (Wildman–Crippen MR) is 116 cm³/mol. The molecule has 0 spiro atoms. The van der Waals surface area contributed by atoms with Gasteiger partial charge in [0.05, 0.1) is 6.10 Å². The van der Waals surface area contributed by atoms with Crippen molar-refractivity contribution < 1.29 is 15.0 Å². The van der Waals surface area contributed by atoms with Crippen molar-refractivity contribution in [2.75, 3.05) is 0 Å². The molecule has 1 saturated carbocycles. The molecule has 5 unspecified atom stereocenters. The van der Waals surface area contributed by atoms with Gasteiger partial charge in [0, 0.05) is 23.1 Å². The number of hydrogen-bond donors (Lipinski definition) is 2. The molecule has 2 N–H and O–H groups in total. The Morgan fingerprint density at radius 3 is 2.43 bits per heavy atom. The number of carbonyl (C=O) groups is 1. The lowest BCUT2D eigenvalue weighted by atomic mass is 9.84. The van der Waals surface area contributed by atoms with Crippen LogP contribution in [0.4, 0.5) is 0 Å². The molecule has 5 heteroatoms. The second-order valence-corrected chi connectivity index (χ2v) is 9.25. The van der Waals surface area contributed by atoms with Gasteiger partial charge in [-0.2, -0.15) is 0 Å². The first-order chi connectivity index (χ1) is 13.3. The number of alkyl halides is 2. The molecule has 1 aromatic carbocycles. The van der Waals surface area contributed by atoms with Crippen LogP contribution in [0, 0.1) is 5.92 Å². The number of unbranched alkanes of at least 4 members (excludes halogenated alkanes) is 1. The van der Waals surface area contributed by atoms with Crippen LogP contribution in [0.1, 0.15) is 81.4 Å². The van der Waals surface area contributed by atoms with Gasteiger partial charge in [0.2, 0.25) is 0 Å². The molecule has 0 aromatic heterocycles. The highest BCUT2D eigenvalue weighted by Crippen LogP contribution is 2.47. The first-order valence-corrected chi connectivity index (χ1v) is 11.1. The number of allylic oxidation sites excluding steroid dienone is 1. The van der Waals surface area contributed by atoms with Gasteiger partial charge in [-0.3, -0.25) is 4.79 Å². The van der Waals surface area contributed by atoms with E-state index in [1.165, 1.54) is 0 Å². The number of aliphatic hydroxyl groups is 1. The van der Waals surface area contributed by atoms with Crippen LogP contribution in [0.2, 0.25) is 0 Å². The van der Waals surface area contributed by atoms with E-state index in [0.29, 0.717) is 6.42 Å². The van der Waals surface area contributed by atoms with E-state index >= 15 is 0 Å². The molecule has 156 valence electrons. The average molecular weight is 427 g/mol. The second kappa shape index (κ2) is 11.2. The smallest absolute Gasteiger partial charge is 0.303 e. The maximum atomic E-state index is 10.7. The Balaban J connectivity index is 1.98. The Kier molecular flexibility index (Phi) is 9.33. The van der Waals surface area contributed by atoms with Gasteiger partial charge in [-0.05, 0) is 62.5 Å². The van der Waals surface area contributed by atoms with Crippen molar-refractivity contribution in [2.24, 2.45) is 5.92 Å². The lowest BCUT2D eigenvalue weighted by molar-refractivity contribution is -0.137. The van der Waals surface area contributed by atoms with Crippen LogP contribution in [0.3, 0.4) is 0 Å². The minimum absolute atomic E-state index is 0.0155. The molecule has 0 aliphatic heterocycles. The minimum Gasteiger partial charge on any atom is -0.481 e. The van der Waals surface area contributed by atoms with E-state index in [1.54, 1.807) is 0 Å². The molecule has 0 radical (unpaired) electrons. The molecule has 5 atom stereocenters. The van der Waals surface area contributed by atoms with E-state index in [-0.39, 0.29) is 29.0 Å². The van der Waals surface area contributed by atoms with Crippen molar-refractivity contribution >= 4 is 29.2 Å². The zero-order chi connectivity index (χ0) is 20.7. The standard InChI is InChI=1S/C23H32Cl2O3/c1-15(2)6-5-8-21(26)16-10-12-17(13-11-16)23-18(19(24)14-20(23)25)7-3-4-9-22(27)28/h10-13,18-21,23,26H,1,3-9,14H2,2H3,(H,27,28). The third-order valence-electron chi connectivity index (χ3n) is 5.73. The molecule has 1 fully saturated rings. The van der Waals surface area contributed by atoms with Crippen molar-refractivity contribution in [1.29, 1.82) is 0 Å². The van der Waals surface area contributed by atoms with E-state index in [0.717, 1.165) is 55.2 Å². The fourth-order valence-electron chi connectivity index (χ4n) is 4.21. The number of benzene rings is 1. The lowest BCUT2D eigenvalue weighted by Crippen LogP contribution is -2.17. The zero-order valence-corrected chi connectivity index (χ0v) is 18.1. The highest BCUT2D eigenvalue weighted by atomic mass is 35.5. The van der Waals surface area contributed by atoms with E-state index in [9.17, 15) is 9.90 Å². The Morgan fingerprint density at radius 1 is 1.14 bits per heavy atom. The SMILES string of the molecule is C=C(C)CCCC(O)c1ccc(C2C(Cl)CC(Cl)C2CCCCC(=O)O)cc1. The molecule has 0 amide bonds. The Hall–Kier alpha value is -1.03. The molecule has 3 nitrogen and oxygen atoms in total. The molecule has 0 heterocycles. The van der Waals surface area contributed by atoms with Crippen LogP contribution in [0.5, 0.6) is 0 Å². The number of aliphatic carboxylic acids is 1. The number of rotatable bonds is 11. The summed E-state index contributed by atoms with van der Waals surface area (Å²) in [7, 11) is 0. The fourth-order valence-corrected chi connectivity index (χ4v) is 5.30. The normalized spacial score (nSPS) is 25.6. The van der Waals surface area contributed by atoms with E-state index in [4.69, 9.17) is 28.3 Å². The molecule has 0 bridgehead atoms. The molecule has 1 aliphatic rings. The van der Waals surface area contributed by atoms with Crippen LogP contribution in [-0.2, 0) is 4.79 Å². The number of aliphatic hydroxyl groups excluding tert-OH is 1. The largest absolute Gasteiger partial charge is 0.481 e. The zero-order valence-electron chi connectivity index (χ0n) is 16.6. The van der Waals surface area contributed by atoms with Gasteiger partial charge in [-0.15, -0.1) is 29.8 Å². The van der Waals surface area contributed by atoms with Crippen molar-refractivity contribution in [1.82, 2.24) is 0 Å². The first kappa shape index (κ1) is 23.3. The molecule has 2 rings (SSSR count). The summed E-state index contributed by atoms with van der Waals surface area (Å²) in [4.78, 5) is 10.7. The number of carboxylic acids is 1. The van der Waals surface area contributed by atoms with Crippen LogP contribution in [-0.4, -0.2) is 26.9 Å². The quantitative estimate of drug-likeness (QED) is 0.243. The number of halogens is 2. The Bertz CT molecular complexity index is 644. The maximum absolute atomic E-state index is 10.7. The maximum Gasteiger partial charge on any atom is 0.303 e. The molecular formula is C23H32Cl2O3. The van der Waals surface area contributed by atoms with Gasteiger partial charge in [-0.1, -0.05) is 36.3 Å². The van der Waals surface area contributed by atoms with Crippen LogP contribution in [0.25, 0.3) is 0 Å². The van der Waals surface area contributed by atoms with Crippen molar-refractivity contribution in [2.45, 2.75) is 81.1 Å². The third kappa shape index (κ3) is 6.79. The van der Waals surface area contributed by atoms with Crippen molar-refractivity contribution in [3.05, 3.63) is 47.5 Å². The summed E-state index contributed by atoms with van der Waals surface area (Å²) in [6.45, 7) is 5.91. The summed E-state index contributed by atoms with van der Waals surface area (Å²) < 4.78 is 0.